The van der Waals surface area contributed by atoms with Crippen LogP contribution in [0.5, 0.6) is 5.75 Å². The van der Waals surface area contributed by atoms with Crippen LogP contribution in [0.4, 0.5) is 0 Å². The first-order valence-corrected chi connectivity index (χ1v) is 9.04. The molecule has 6 nitrogen and oxygen atoms in total. The van der Waals surface area contributed by atoms with Gasteiger partial charge in [-0.15, -0.1) is 11.8 Å². The number of hydrogen-bond donors (Lipinski definition) is 2. The highest BCUT2D eigenvalue weighted by Gasteiger charge is 2.17. The normalized spacial score (nSPS) is 11.5. The molecule has 0 fully saturated rings. The first-order chi connectivity index (χ1) is 11.5. The molecule has 24 heavy (non-hydrogen) atoms. The summed E-state index contributed by atoms with van der Waals surface area (Å²) in [6, 6.07) is 10.5. The summed E-state index contributed by atoms with van der Waals surface area (Å²) >= 11 is 4.69. The van der Waals surface area contributed by atoms with Crippen LogP contribution >= 0.6 is 27.7 Å². The van der Waals surface area contributed by atoms with Crippen LogP contribution < -0.4 is 15.6 Å². The van der Waals surface area contributed by atoms with Gasteiger partial charge in [0.15, 0.2) is 6.10 Å². The number of thioether (sulfide) groups is 1. The van der Waals surface area contributed by atoms with Crippen LogP contribution in [0.1, 0.15) is 17.3 Å². The van der Waals surface area contributed by atoms with E-state index in [9.17, 15) is 9.59 Å². The number of carbonyl (C=O) groups excluding carboxylic acids is 2. The first-order valence-electron chi connectivity index (χ1n) is 7.02. The van der Waals surface area contributed by atoms with Crippen LogP contribution in [0.3, 0.4) is 0 Å². The largest absolute Gasteiger partial charge is 0.481 e. The number of halogens is 1. The van der Waals surface area contributed by atoms with Gasteiger partial charge < -0.3 is 4.74 Å². The molecule has 0 aliphatic rings. The van der Waals surface area contributed by atoms with E-state index in [2.05, 4.69) is 31.8 Å². The summed E-state index contributed by atoms with van der Waals surface area (Å²) in [6.07, 6.45) is 2.66. The molecule has 0 aliphatic carbocycles. The summed E-state index contributed by atoms with van der Waals surface area (Å²) < 4.78 is 6.38. The molecule has 0 aliphatic heterocycles. The summed E-state index contributed by atoms with van der Waals surface area (Å²) in [5, 5.41) is 0.586. The summed E-state index contributed by atoms with van der Waals surface area (Å²) in [5.41, 5.74) is 5.12. The van der Waals surface area contributed by atoms with Crippen LogP contribution in [0.15, 0.2) is 52.1 Å². The van der Waals surface area contributed by atoms with E-state index in [0.29, 0.717) is 16.3 Å². The molecule has 1 atom stereocenters. The molecule has 0 saturated heterocycles. The SMILES string of the molecule is CSc1ncccc1C(=O)NNC(=O)C(C)Oc1cccc(Br)c1. The lowest BCUT2D eigenvalue weighted by molar-refractivity contribution is -0.128. The number of benzene rings is 1. The van der Waals surface area contributed by atoms with Gasteiger partial charge in [0, 0.05) is 10.7 Å². The zero-order chi connectivity index (χ0) is 17.5. The molecule has 1 aromatic heterocycles. The fourth-order valence-corrected chi connectivity index (χ4v) is 2.74. The fraction of sp³-hybridized carbons (Fsp3) is 0.188. The van der Waals surface area contributed by atoms with E-state index in [1.807, 2.05) is 12.3 Å². The maximum Gasteiger partial charge on any atom is 0.279 e. The number of amides is 2. The predicted molar refractivity (Wildman–Crippen MR) is 95.9 cm³/mol. The van der Waals surface area contributed by atoms with Gasteiger partial charge in [-0.2, -0.15) is 0 Å². The molecule has 0 bridgehead atoms. The van der Waals surface area contributed by atoms with E-state index in [1.165, 1.54) is 11.8 Å². The van der Waals surface area contributed by atoms with E-state index in [0.717, 1.165) is 4.47 Å². The standard InChI is InChI=1S/C16H16BrN3O3S/c1-10(23-12-6-3-5-11(17)9-12)14(21)19-20-15(22)13-7-4-8-18-16(13)24-2/h3-10H,1-2H3,(H,19,21)(H,20,22). The van der Waals surface area contributed by atoms with Gasteiger partial charge >= 0.3 is 0 Å². The molecule has 1 unspecified atom stereocenters. The lowest BCUT2D eigenvalue weighted by Gasteiger charge is -2.15. The van der Waals surface area contributed by atoms with Crippen molar-refractivity contribution >= 4 is 39.5 Å². The van der Waals surface area contributed by atoms with Crippen molar-refractivity contribution in [1.82, 2.24) is 15.8 Å². The topological polar surface area (TPSA) is 80.3 Å². The van der Waals surface area contributed by atoms with Crippen molar-refractivity contribution in [2.75, 3.05) is 6.26 Å². The van der Waals surface area contributed by atoms with Gasteiger partial charge in [-0.3, -0.25) is 20.4 Å². The van der Waals surface area contributed by atoms with Crippen molar-refractivity contribution in [2.24, 2.45) is 0 Å². The van der Waals surface area contributed by atoms with Crippen molar-refractivity contribution < 1.29 is 14.3 Å². The third kappa shape index (κ3) is 4.97. The number of rotatable bonds is 5. The highest BCUT2D eigenvalue weighted by molar-refractivity contribution is 9.10. The van der Waals surface area contributed by atoms with Crippen LogP contribution in [0, 0.1) is 0 Å². The van der Waals surface area contributed by atoms with Gasteiger partial charge in [-0.1, -0.05) is 22.0 Å². The summed E-state index contributed by atoms with van der Waals surface area (Å²) in [6.45, 7) is 1.60. The van der Waals surface area contributed by atoms with Crippen molar-refractivity contribution in [3.05, 3.63) is 52.6 Å². The minimum atomic E-state index is -0.770. The van der Waals surface area contributed by atoms with Crippen LogP contribution in [0.2, 0.25) is 0 Å². The van der Waals surface area contributed by atoms with E-state index in [-0.39, 0.29) is 0 Å². The number of pyridine rings is 1. The number of hydrogen-bond acceptors (Lipinski definition) is 5. The smallest absolute Gasteiger partial charge is 0.279 e. The maximum atomic E-state index is 12.1. The summed E-state index contributed by atoms with van der Waals surface area (Å²) in [7, 11) is 0. The molecule has 2 aromatic rings. The Bertz CT molecular complexity index is 742. The second-order valence-corrected chi connectivity index (χ2v) is 6.43. The Balaban J connectivity index is 1.91. The summed E-state index contributed by atoms with van der Waals surface area (Å²) in [4.78, 5) is 28.3. The average molecular weight is 410 g/mol. The van der Waals surface area contributed by atoms with Crippen molar-refractivity contribution in [3.63, 3.8) is 0 Å². The molecule has 0 spiro atoms. The Labute approximate surface area is 152 Å². The van der Waals surface area contributed by atoms with E-state index >= 15 is 0 Å². The molecule has 126 valence electrons. The lowest BCUT2D eigenvalue weighted by atomic mass is 10.3. The quantitative estimate of drug-likeness (QED) is 0.586. The lowest BCUT2D eigenvalue weighted by Crippen LogP contribution is -2.47. The number of nitrogens with zero attached hydrogens (tertiary/aromatic N) is 1. The minimum Gasteiger partial charge on any atom is -0.481 e. The number of aromatic nitrogens is 1. The minimum absolute atomic E-state index is 0.394. The highest BCUT2D eigenvalue weighted by Crippen LogP contribution is 2.19. The maximum absolute atomic E-state index is 12.1. The van der Waals surface area contributed by atoms with Gasteiger partial charge in [-0.05, 0) is 43.5 Å². The number of carbonyl (C=O) groups is 2. The first kappa shape index (κ1) is 18.3. The van der Waals surface area contributed by atoms with Crippen LogP contribution in [0.25, 0.3) is 0 Å². The monoisotopic (exact) mass is 409 g/mol. The predicted octanol–water partition coefficient (Wildman–Crippen LogP) is 2.79. The zero-order valence-corrected chi connectivity index (χ0v) is 15.5. The van der Waals surface area contributed by atoms with Gasteiger partial charge in [0.05, 0.1) is 5.56 Å². The van der Waals surface area contributed by atoms with Crippen molar-refractivity contribution in [2.45, 2.75) is 18.1 Å². The van der Waals surface area contributed by atoms with E-state index < -0.39 is 17.9 Å². The average Bonchev–Trinajstić information content (AvgIpc) is 2.59. The molecule has 1 aromatic carbocycles. The van der Waals surface area contributed by atoms with Crippen molar-refractivity contribution in [3.8, 4) is 5.75 Å². The zero-order valence-electron chi connectivity index (χ0n) is 13.1. The molecule has 8 heteroatoms. The molecule has 2 rings (SSSR count). The number of ether oxygens (including phenoxy) is 1. The van der Waals surface area contributed by atoms with Crippen LogP contribution in [-0.4, -0.2) is 29.2 Å². The third-order valence-corrected chi connectivity index (χ3v) is 4.19. The Morgan fingerprint density at radius 3 is 2.75 bits per heavy atom. The molecular formula is C16H16BrN3O3S. The number of nitrogens with one attached hydrogen (secondary N) is 2. The second kappa shape index (κ2) is 8.70. The van der Waals surface area contributed by atoms with Crippen molar-refractivity contribution in [1.29, 1.82) is 0 Å². The van der Waals surface area contributed by atoms with E-state index in [4.69, 9.17) is 4.74 Å². The molecule has 1 heterocycles. The number of hydrazine groups is 1. The Hall–Kier alpha value is -2.06. The van der Waals surface area contributed by atoms with Gasteiger partial charge in [0.25, 0.3) is 11.8 Å². The molecule has 2 N–H and O–H groups in total. The molecule has 2 amide bonds. The Kier molecular flexibility index (Phi) is 6.62. The molecule has 0 saturated carbocycles. The van der Waals surface area contributed by atoms with Gasteiger partial charge in [0.1, 0.15) is 10.8 Å². The van der Waals surface area contributed by atoms with E-state index in [1.54, 1.807) is 43.5 Å². The Morgan fingerprint density at radius 1 is 1.25 bits per heavy atom. The van der Waals surface area contributed by atoms with Gasteiger partial charge in [0.2, 0.25) is 0 Å². The molecular weight excluding hydrogens is 394 g/mol. The fourth-order valence-electron chi connectivity index (χ4n) is 1.81. The van der Waals surface area contributed by atoms with Gasteiger partial charge in [-0.25, -0.2) is 4.98 Å². The Morgan fingerprint density at radius 2 is 2.04 bits per heavy atom. The highest BCUT2D eigenvalue weighted by atomic mass is 79.9. The summed E-state index contributed by atoms with van der Waals surface area (Å²) in [5.74, 6) is -0.344. The van der Waals surface area contributed by atoms with Crippen LogP contribution in [-0.2, 0) is 4.79 Å². The molecule has 0 radical (unpaired) electrons. The third-order valence-electron chi connectivity index (χ3n) is 2.99. The second-order valence-electron chi connectivity index (χ2n) is 4.72.